The lowest BCUT2D eigenvalue weighted by Gasteiger charge is -2.12. The molecule has 6 heteroatoms. The van der Waals surface area contributed by atoms with E-state index >= 15 is 0 Å². The second-order valence-corrected chi connectivity index (χ2v) is 5.56. The maximum Gasteiger partial charge on any atom is 0.252 e. The molecule has 1 aromatic carbocycles. The van der Waals surface area contributed by atoms with Gasteiger partial charge in [-0.1, -0.05) is 19.8 Å². The van der Waals surface area contributed by atoms with Gasteiger partial charge in [0.1, 0.15) is 5.82 Å². The Bertz CT molecular complexity index is 872. The first kappa shape index (κ1) is 15.3. The summed E-state index contributed by atoms with van der Waals surface area (Å²) in [7, 11) is 0. The molecule has 0 fully saturated rings. The van der Waals surface area contributed by atoms with Gasteiger partial charge in [0.05, 0.1) is 16.6 Å². The molecule has 2 heterocycles. The van der Waals surface area contributed by atoms with Gasteiger partial charge >= 0.3 is 0 Å². The van der Waals surface area contributed by atoms with Gasteiger partial charge in [-0.3, -0.25) is 14.5 Å². The first-order valence-corrected chi connectivity index (χ1v) is 7.75. The van der Waals surface area contributed by atoms with Crippen molar-refractivity contribution in [2.24, 2.45) is 5.73 Å². The molecule has 3 rings (SSSR count). The number of pyridine rings is 1. The van der Waals surface area contributed by atoms with Gasteiger partial charge in [-0.2, -0.15) is 0 Å². The Balaban J connectivity index is 2.21. The van der Waals surface area contributed by atoms with Gasteiger partial charge < -0.3 is 11.2 Å². The molecule has 2 aromatic heterocycles. The second-order valence-electron chi connectivity index (χ2n) is 5.56. The minimum atomic E-state index is -0.553. The number of aromatic nitrogens is 2. The molecule has 0 spiro atoms. The van der Waals surface area contributed by atoms with E-state index in [-0.39, 0.29) is 5.82 Å². The van der Waals surface area contributed by atoms with Crippen molar-refractivity contribution in [1.29, 1.82) is 0 Å². The first-order chi connectivity index (χ1) is 11.1. The highest BCUT2D eigenvalue weighted by Crippen LogP contribution is 2.30. The summed E-state index contributed by atoms with van der Waals surface area (Å²) < 4.78 is 15.5. The molecule has 0 unspecified atom stereocenters. The third-order valence-corrected chi connectivity index (χ3v) is 3.95. The van der Waals surface area contributed by atoms with Crippen molar-refractivity contribution in [2.45, 2.75) is 26.2 Å². The van der Waals surface area contributed by atoms with Crippen LogP contribution in [-0.2, 0) is 0 Å². The Morgan fingerprint density at radius 1 is 1.30 bits per heavy atom. The zero-order chi connectivity index (χ0) is 16.4. The molecular weight excluding hydrogens is 295 g/mol. The van der Waals surface area contributed by atoms with Crippen molar-refractivity contribution in [3.05, 3.63) is 42.0 Å². The Morgan fingerprint density at radius 2 is 2.13 bits per heavy atom. The van der Waals surface area contributed by atoms with E-state index in [1.54, 1.807) is 12.3 Å². The number of benzene rings is 1. The maximum atomic E-state index is 13.6. The number of amides is 1. The lowest BCUT2D eigenvalue weighted by molar-refractivity contribution is 0.100. The number of nitrogens with zero attached hydrogens (tertiary/aromatic N) is 2. The molecule has 0 aliphatic rings. The molecule has 3 N–H and O–H groups in total. The smallest absolute Gasteiger partial charge is 0.252 e. The van der Waals surface area contributed by atoms with Crippen molar-refractivity contribution >= 4 is 27.7 Å². The average molecular weight is 314 g/mol. The molecule has 0 radical (unpaired) electrons. The summed E-state index contributed by atoms with van der Waals surface area (Å²) in [6, 6.07) is 4.55. The predicted octanol–water partition coefficient (Wildman–Crippen LogP) is 3.16. The van der Waals surface area contributed by atoms with Gasteiger partial charge in [0.15, 0.2) is 0 Å². The fourth-order valence-corrected chi connectivity index (χ4v) is 2.84. The van der Waals surface area contributed by atoms with Crippen molar-refractivity contribution in [3.8, 4) is 0 Å². The molecule has 0 aliphatic heterocycles. The Morgan fingerprint density at radius 3 is 2.87 bits per heavy atom. The first-order valence-electron chi connectivity index (χ1n) is 7.75. The van der Waals surface area contributed by atoms with Crippen molar-refractivity contribution in [3.63, 3.8) is 0 Å². The standard InChI is InChI=1S/C17H19FN4O/c1-2-3-4-7-21-22-15-6-5-11(18)8-12(15)13-9-20-10-14(16(13)22)17(19)23/h5-6,8-10,21H,2-4,7H2,1H3,(H2,19,23). The molecule has 23 heavy (non-hydrogen) atoms. The molecule has 3 aromatic rings. The fourth-order valence-electron chi connectivity index (χ4n) is 2.84. The predicted molar refractivity (Wildman–Crippen MR) is 89.5 cm³/mol. The number of hydrogen-bond donors (Lipinski definition) is 2. The lowest BCUT2D eigenvalue weighted by atomic mass is 10.1. The van der Waals surface area contributed by atoms with Gasteiger partial charge in [-0.05, 0) is 24.6 Å². The molecule has 120 valence electrons. The monoisotopic (exact) mass is 314 g/mol. The number of carbonyl (C=O) groups excluding carboxylic acids is 1. The summed E-state index contributed by atoms with van der Waals surface area (Å²) in [6.07, 6.45) is 6.33. The molecule has 0 saturated heterocycles. The van der Waals surface area contributed by atoms with Crippen LogP contribution in [0.2, 0.25) is 0 Å². The highest BCUT2D eigenvalue weighted by Gasteiger charge is 2.17. The van der Waals surface area contributed by atoms with Crippen molar-refractivity contribution in [1.82, 2.24) is 9.66 Å². The zero-order valence-corrected chi connectivity index (χ0v) is 13.0. The number of rotatable bonds is 6. The largest absolute Gasteiger partial charge is 0.365 e. The van der Waals surface area contributed by atoms with Gasteiger partial charge in [0.2, 0.25) is 0 Å². The minimum absolute atomic E-state index is 0.321. The van der Waals surface area contributed by atoms with E-state index in [1.807, 2.05) is 4.68 Å². The van der Waals surface area contributed by atoms with E-state index < -0.39 is 5.91 Å². The third-order valence-electron chi connectivity index (χ3n) is 3.95. The summed E-state index contributed by atoms with van der Waals surface area (Å²) in [5.74, 6) is -0.880. The summed E-state index contributed by atoms with van der Waals surface area (Å²) in [5, 5.41) is 1.41. The highest BCUT2D eigenvalue weighted by molar-refractivity contribution is 6.15. The summed E-state index contributed by atoms with van der Waals surface area (Å²) >= 11 is 0. The SMILES string of the molecule is CCCCCNn1c2ccc(F)cc2c2cncc(C(N)=O)c21. The summed E-state index contributed by atoms with van der Waals surface area (Å²) in [5.41, 5.74) is 10.6. The normalized spacial score (nSPS) is 11.2. The number of nitrogens with two attached hydrogens (primary N) is 1. The molecule has 0 bridgehead atoms. The maximum absolute atomic E-state index is 13.6. The zero-order valence-electron chi connectivity index (χ0n) is 13.0. The van der Waals surface area contributed by atoms with E-state index in [0.717, 1.165) is 31.3 Å². The van der Waals surface area contributed by atoms with E-state index in [0.29, 0.717) is 21.9 Å². The van der Waals surface area contributed by atoms with Crippen LogP contribution in [0, 0.1) is 5.82 Å². The van der Waals surface area contributed by atoms with Crippen LogP contribution in [0.25, 0.3) is 21.8 Å². The number of carbonyl (C=O) groups is 1. The van der Waals surface area contributed by atoms with Crippen LogP contribution in [0.5, 0.6) is 0 Å². The topological polar surface area (TPSA) is 72.9 Å². The molecule has 0 atom stereocenters. The van der Waals surface area contributed by atoms with Crippen LogP contribution >= 0.6 is 0 Å². The molecule has 0 aliphatic carbocycles. The summed E-state index contributed by atoms with van der Waals surface area (Å²) in [6.45, 7) is 2.89. The number of fused-ring (bicyclic) bond motifs is 3. The van der Waals surface area contributed by atoms with E-state index in [4.69, 9.17) is 5.73 Å². The van der Waals surface area contributed by atoms with Gasteiger partial charge in [-0.15, -0.1) is 0 Å². The van der Waals surface area contributed by atoms with Crippen molar-refractivity contribution in [2.75, 3.05) is 12.0 Å². The van der Waals surface area contributed by atoms with Crippen molar-refractivity contribution < 1.29 is 9.18 Å². The Hall–Kier alpha value is -2.63. The fraction of sp³-hybridized carbons (Fsp3) is 0.294. The molecule has 1 amide bonds. The average Bonchev–Trinajstić information content (AvgIpc) is 2.85. The third kappa shape index (κ3) is 2.72. The van der Waals surface area contributed by atoms with Crippen LogP contribution in [0.4, 0.5) is 4.39 Å². The summed E-state index contributed by atoms with van der Waals surface area (Å²) in [4.78, 5) is 15.8. The number of halogens is 1. The van der Waals surface area contributed by atoms with Crippen LogP contribution in [0.3, 0.4) is 0 Å². The van der Waals surface area contributed by atoms with Gasteiger partial charge in [0.25, 0.3) is 5.91 Å². The number of unbranched alkanes of at least 4 members (excludes halogenated alkanes) is 2. The molecule has 5 nitrogen and oxygen atoms in total. The second kappa shape index (κ2) is 6.24. The van der Waals surface area contributed by atoms with Gasteiger partial charge in [-0.25, -0.2) is 4.39 Å². The van der Waals surface area contributed by atoms with Crippen LogP contribution in [0.15, 0.2) is 30.6 Å². The van der Waals surface area contributed by atoms with Gasteiger partial charge in [0, 0.05) is 29.7 Å². The highest BCUT2D eigenvalue weighted by atomic mass is 19.1. The van der Waals surface area contributed by atoms with E-state index in [2.05, 4.69) is 17.3 Å². The number of nitrogens with one attached hydrogen (secondary N) is 1. The number of primary amides is 1. The quantitative estimate of drug-likeness (QED) is 0.686. The Kier molecular flexibility index (Phi) is 4.14. The van der Waals surface area contributed by atoms with Crippen LogP contribution in [-0.4, -0.2) is 22.1 Å². The van der Waals surface area contributed by atoms with E-state index in [9.17, 15) is 9.18 Å². The van der Waals surface area contributed by atoms with Crippen LogP contribution < -0.4 is 11.2 Å². The minimum Gasteiger partial charge on any atom is -0.365 e. The molecular formula is C17H19FN4O. The molecule has 0 saturated carbocycles. The number of hydrogen-bond acceptors (Lipinski definition) is 3. The van der Waals surface area contributed by atoms with Crippen LogP contribution in [0.1, 0.15) is 36.5 Å². The van der Waals surface area contributed by atoms with E-state index in [1.165, 1.54) is 18.3 Å². The Labute approximate surface area is 133 Å². The lowest BCUT2D eigenvalue weighted by Crippen LogP contribution is -2.19.